The van der Waals surface area contributed by atoms with Gasteiger partial charge >= 0.3 is 12.0 Å². The molecule has 0 amide bonds. The fourth-order valence-corrected chi connectivity index (χ4v) is 1.07. The lowest BCUT2D eigenvalue weighted by molar-refractivity contribution is 0.0907. The molecule has 0 unspecified atom stereocenters. The van der Waals surface area contributed by atoms with Crippen LogP contribution in [0.2, 0.25) is 0 Å². The quantitative estimate of drug-likeness (QED) is 0.805. The van der Waals surface area contributed by atoms with Gasteiger partial charge in [-0.3, -0.25) is 0 Å². The second kappa shape index (κ2) is 6.37. The second-order valence-electron chi connectivity index (χ2n) is 4.54. The molecule has 0 aromatic carbocycles. The van der Waals surface area contributed by atoms with Gasteiger partial charge in [0.15, 0.2) is 0 Å². The van der Waals surface area contributed by atoms with Crippen LogP contribution in [0, 0.1) is 0 Å². The third kappa shape index (κ3) is 4.35. The van der Waals surface area contributed by atoms with Crippen LogP contribution >= 0.6 is 0 Å². The van der Waals surface area contributed by atoms with E-state index in [9.17, 15) is 0 Å². The van der Waals surface area contributed by atoms with Crippen LogP contribution in [-0.4, -0.2) is 34.2 Å². The Labute approximate surface area is 108 Å². The molecule has 0 saturated carbocycles. The highest BCUT2D eigenvalue weighted by Crippen LogP contribution is 2.20. The van der Waals surface area contributed by atoms with E-state index < -0.39 is 0 Å². The zero-order valence-corrected chi connectivity index (χ0v) is 11.8. The minimum Gasteiger partial charge on any atom is -0.463 e. The number of nitrogens with zero attached hydrogens (tertiary/aromatic N) is 3. The Morgan fingerprint density at radius 3 is 2.33 bits per heavy atom. The van der Waals surface area contributed by atoms with Crippen molar-refractivity contribution >= 4 is 5.95 Å². The van der Waals surface area contributed by atoms with E-state index in [2.05, 4.69) is 27.2 Å². The van der Waals surface area contributed by atoms with E-state index in [4.69, 9.17) is 9.47 Å². The van der Waals surface area contributed by atoms with Crippen molar-refractivity contribution in [2.75, 3.05) is 19.0 Å². The summed E-state index contributed by atoms with van der Waals surface area (Å²) in [4.78, 5) is 12.4. The van der Waals surface area contributed by atoms with Crippen molar-refractivity contribution in [1.82, 2.24) is 15.0 Å². The minimum absolute atomic E-state index is 0.285. The summed E-state index contributed by atoms with van der Waals surface area (Å²) in [7, 11) is 1.74. The lowest BCUT2D eigenvalue weighted by atomic mass is 10.1. The van der Waals surface area contributed by atoms with Crippen LogP contribution in [0.25, 0.3) is 0 Å². The summed E-state index contributed by atoms with van der Waals surface area (Å²) in [6.07, 6.45) is 1.76. The lowest BCUT2D eigenvalue weighted by Crippen LogP contribution is -2.28. The first-order valence-corrected chi connectivity index (χ1v) is 6.26. The average molecular weight is 254 g/mol. The summed E-state index contributed by atoms with van der Waals surface area (Å²) >= 11 is 0. The molecule has 0 aliphatic heterocycles. The van der Waals surface area contributed by atoms with E-state index >= 15 is 0 Å². The first kappa shape index (κ1) is 14.5. The van der Waals surface area contributed by atoms with Crippen LogP contribution in [0.3, 0.4) is 0 Å². The Hall–Kier alpha value is -1.59. The molecule has 0 bridgehead atoms. The normalized spacial score (nSPS) is 11.2. The summed E-state index contributed by atoms with van der Waals surface area (Å²) in [6, 6.07) is 0.574. The molecule has 18 heavy (non-hydrogen) atoms. The fraction of sp³-hybridized carbons (Fsp3) is 0.750. The smallest absolute Gasteiger partial charge is 0.324 e. The third-order valence-corrected chi connectivity index (χ3v) is 2.47. The summed E-state index contributed by atoms with van der Waals surface area (Å²) < 4.78 is 11.1. The molecule has 1 aromatic heterocycles. The van der Waals surface area contributed by atoms with Crippen LogP contribution in [-0.2, 0) is 0 Å². The standard InChI is InChI=1S/C12H22N4O2/c1-6-8-17-10-14-9(13-5)15-11(16-10)18-12(3,4)7-2/h6-8H2,1-5H3,(H,13,14,15,16). The molecule has 1 heterocycles. The Balaban J connectivity index is 2.89. The van der Waals surface area contributed by atoms with E-state index in [-0.39, 0.29) is 17.6 Å². The number of anilines is 1. The Morgan fingerprint density at radius 2 is 1.78 bits per heavy atom. The predicted octanol–water partition coefficient (Wildman–Crippen LogP) is 2.27. The summed E-state index contributed by atoms with van der Waals surface area (Å²) in [5.41, 5.74) is -0.311. The van der Waals surface area contributed by atoms with E-state index in [0.717, 1.165) is 12.8 Å². The monoisotopic (exact) mass is 254 g/mol. The Bertz CT molecular complexity index is 382. The molecule has 0 fully saturated rings. The molecular weight excluding hydrogens is 232 g/mol. The molecule has 1 rings (SSSR count). The van der Waals surface area contributed by atoms with E-state index in [1.54, 1.807) is 7.05 Å². The molecule has 0 radical (unpaired) electrons. The number of aromatic nitrogens is 3. The molecule has 6 nitrogen and oxygen atoms in total. The molecular formula is C12H22N4O2. The fourth-order valence-electron chi connectivity index (χ4n) is 1.07. The Morgan fingerprint density at radius 1 is 1.11 bits per heavy atom. The van der Waals surface area contributed by atoms with Gasteiger partial charge in [-0.15, -0.1) is 4.98 Å². The van der Waals surface area contributed by atoms with Gasteiger partial charge in [-0.2, -0.15) is 9.97 Å². The number of nitrogens with one attached hydrogen (secondary N) is 1. The van der Waals surface area contributed by atoms with Crippen molar-refractivity contribution in [3.05, 3.63) is 0 Å². The summed E-state index contributed by atoms with van der Waals surface area (Å²) in [5.74, 6) is 0.443. The maximum Gasteiger partial charge on any atom is 0.324 e. The van der Waals surface area contributed by atoms with Gasteiger partial charge in [-0.25, -0.2) is 0 Å². The predicted molar refractivity (Wildman–Crippen MR) is 70.2 cm³/mol. The first-order valence-electron chi connectivity index (χ1n) is 6.26. The van der Waals surface area contributed by atoms with Crippen LogP contribution < -0.4 is 14.8 Å². The molecule has 6 heteroatoms. The molecule has 0 saturated heterocycles. The summed E-state index contributed by atoms with van der Waals surface area (Å²) in [6.45, 7) is 8.63. The van der Waals surface area contributed by atoms with Gasteiger partial charge in [0.2, 0.25) is 5.95 Å². The number of rotatable bonds is 7. The Kier molecular flexibility index (Phi) is 5.12. The molecule has 1 N–H and O–H groups in total. The van der Waals surface area contributed by atoms with Crippen molar-refractivity contribution in [3.8, 4) is 12.0 Å². The van der Waals surface area contributed by atoms with E-state index in [0.29, 0.717) is 12.6 Å². The van der Waals surface area contributed by atoms with Crippen LogP contribution in [0.15, 0.2) is 0 Å². The highest BCUT2D eigenvalue weighted by atomic mass is 16.5. The second-order valence-corrected chi connectivity index (χ2v) is 4.54. The topological polar surface area (TPSA) is 69.2 Å². The van der Waals surface area contributed by atoms with Gasteiger partial charge < -0.3 is 14.8 Å². The number of ether oxygens (including phenoxy) is 2. The highest BCUT2D eigenvalue weighted by molar-refractivity contribution is 5.26. The lowest BCUT2D eigenvalue weighted by Gasteiger charge is -2.23. The maximum atomic E-state index is 5.73. The van der Waals surface area contributed by atoms with Crippen molar-refractivity contribution < 1.29 is 9.47 Å². The van der Waals surface area contributed by atoms with Crippen molar-refractivity contribution in [3.63, 3.8) is 0 Å². The first-order chi connectivity index (χ1) is 8.50. The molecule has 0 aliphatic carbocycles. The van der Waals surface area contributed by atoms with Crippen LogP contribution in [0.4, 0.5) is 5.95 Å². The zero-order valence-electron chi connectivity index (χ0n) is 11.8. The van der Waals surface area contributed by atoms with Gasteiger partial charge in [0, 0.05) is 7.05 Å². The zero-order chi connectivity index (χ0) is 13.6. The van der Waals surface area contributed by atoms with Gasteiger partial charge in [-0.1, -0.05) is 13.8 Å². The summed E-state index contributed by atoms with van der Waals surface area (Å²) in [5, 5.41) is 2.87. The van der Waals surface area contributed by atoms with E-state index in [1.165, 1.54) is 0 Å². The maximum absolute atomic E-state index is 5.73. The van der Waals surface area contributed by atoms with Crippen LogP contribution in [0.1, 0.15) is 40.5 Å². The third-order valence-electron chi connectivity index (χ3n) is 2.47. The van der Waals surface area contributed by atoms with Gasteiger partial charge in [0.1, 0.15) is 5.60 Å². The van der Waals surface area contributed by atoms with Crippen LogP contribution in [0.5, 0.6) is 12.0 Å². The van der Waals surface area contributed by atoms with Gasteiger partial charge in [0.25, 0.3) is 0 Å². The molecule has 1 aromatic rings. The van der Waals surface area contributed by atoms with Crippen molar-refractivity contribution in [2.45, 2.75) is 46.1 Å². The highest BCUT2D eigenvalue weighted by Gasteiger charge is 2.20. The largest absolute Gasteiger partial charge is 0.463 e. The SMILES string of the molecule is CCCOc1nc(NC)nc(OC(C)(C)CC)n1. The minimum atomic E-state index is -0.311. The van der Waals surface area contributed by atoms with Gasteiger partial charge in [0.05, 0.1) is 6.61 Å². The number of hydrogen-bond donors (Lipinski definition) is 1. The van der Waals surface area contributed by atoms with Crippen molar-refractivity contribution in [1.29, 1.82) is 0 Å². The molecule has 0 aliphatic rings. The van der Waals surface area contributed by atoms with Crippen molar-refractivity contribution in [2.24, 2.45) is 0 Å². The average Bonchev–Trinajstić information content (AvgIpc) is 2.35. The molecule has 0 spiro atoms. The molecule has 102 valence electrons. The van der Waals surface area contributed by atoms with Gasteiger partial charge in [-0.05, 0) is 26.7 Å². The van der Waals surface area contributed by atoms with E-state index in [1.807, 2.05) is 20.8 Å². The number of hydrogen-bond acceptors (Lipinski definition) is 6. The molecule has 0 atom stereocenters.